The monoisotopic (exact) mass is 709 g/mol. The highest BCUT2D eigenvalue weighted by molar-refractivity contribution is 6.04. The predicted molar refractivity (Wildman–Crippen MR) is 226 cm³/mol. The lowest BCUT2D eigenvalue weighted by molar-refractivity contribution is 0.446. The highest BCUT2D eigenvalue weighted by Crippen LogP contribution is 2.47. The zero-order valence-electron chi connectivity index (χ0n) is 33.2. The normalized spacial score (nSPS) is 13.2. The first-order valence-electron chi connectivity index (χ1n) is 19.3. The van der Waals surface area contributed by atoms with E-state index in [9.17, 15) is 5.11 Å². The maximum Gasteiger partial charge on any atom is 0.144 e. The molecule has 1 aliphatic heterocycles. The number of rotatable bonds is 4. The minimum atomic E-state index is -0.257. The molecule has 0 bridgehead atoms. The summed E-state index contributed by atoms with van der Waals surface area (Å²) in [7, 11) is 0. The quantitative estimate of drug-likeness (QED) is 0.198. The number of aromatic hydroxyl groups is 1. The van der Waals surface area contributed by atoms with Crippen LogP contribution in [0.4, 0.5) is 0 Å². The average molecular weight is 710 g/mol. The number of imidazole rings is 1. The molecule has 5 aromatic carbocycles. The molecule has 54 heavy (non-hydrogen) atoms. The topological polar surface area (TPSA) is 50.9 Å². The van der Waals surface area contributed by atoms with Gasteiger partial charge in [0, 0.05) is 35.0 Å². The van der Waals surface area contributed by atoms with E-state index in [-0.39, 0.29) is 16.2 Å². The van der Waals surface area contributed by atoms with Crippen LogP contribution >= 0.6 is 0 Å². The fraction of sp³-hybridized carbons (Fsp3) is 0.280. The molecule has 3 heterocycles. The smallest absolute Gasteiger partial charge is 0.144 e. The van der Waals surface area contributed by atoms with Crippen molar-refractivity contribution >= 4 is 11.0 Å². The average Bonchev–Trinajstić information content (AvgIpc) is 3.43. The van der Waals surface area contributed by atoms with Crippen molar-refractivity contribution in [3.63, 3.8) is 0 Å². The minimum Gasteiger partial charge on any atom is -0.507 e. The first-order valence-corrected chi connectivity index (χ1v) is 19.3. The Morgan fingerprint density at radius 3 is 1.94 bits per heavy atom. The Labute approximate surface area is 320 Å². The standard InChI is InChI=1S/C50H51N3O/c1-48(2,3)36-26-34(25-35(27-36)43-28-33(21-23-51-43)31-15-11-10-12-16-31)39-19-20-40-38-18-14-13-17-32(38)22-24-53-45(40)44(39)52-47(53)41-29-37(49(4,5)6)30-42(46(41)54)50(7,8)9/h10-21,23,25-30,54H,22,24H2,1-9H3. The lowest BCUT2D eigenvalue weighted by atomic mass is 9.79. The Morgan fingerprint density at radius 1 is 0.556 bits per heavy atom. The third-order valence-electron chi connectivity index (χ3n) is 11.1. The molecule has 8 rings (SSSR count). The van der Waals surface area contributed by atoms with E-state index in [0.29, 0.717) is 5.75 Å². The lowest BCUT2D eigenvalue weighted by Crippen LogP contribution is -2.17. The second-order valence-electron chi connectivity index (χ2n) is 18.1. The van der Waals surface area contributed by atoms with Gasteiger partial charge in [-0.05, 0) is 91.9 Å². The van der Waals surface area contributed by atoms with Gasteiger partial charge in [0.25, 0.3) is 0 Å². The molecule has 1 N–H and O–H groups in total. The van der Waals surface area contributed by atoms with E-state index in [1.807, 2.05) is 6.20 Å². The molecule has 1 aliphatic rings. The van der Waals surface area contributed by atoms with Crippen LogP contribution < -0.4 is 0 Å². The molecule has 0 spiro atoms. The minimum absolute atomic E-state index is 0.101. The summed E-state index contributed by atoms with van der Waals surface area (Å²) in [5.41, 5.74) is 16.0. The summed E-state index contributed by atoms with van der Waals surface area (Å²) >= 11 is 0. The molecule has 0 atom stereocenters. The molecular weight excluding hydrogens is 659 g/mol. The van der Waals surface area contributed by atoms with Gasteiger partial charge in [0.2, 0.25) is 0 Å². The molecule has 0 radical (unpaired) electrons. The van der Waals surface area contributed by atoms with E-state index in [1.54, 1.807) is 0 Å². The number of aryl methyl sites for hydroxylation is 2. The molecule has 0 aliphatic carbocycles. The van der Waals surface area contributed by atoms with Crippen molar-refractivity contribution in [2.45, 2.75) is 91.5 Å². The number of nitrogens with zero attached hydrogens (tertiary/aromatic N) is 3. The van der Waals surface area contributed by atoms with Gasteiger partial charge in [-0.15, -0.1) is 0 Å². The molecule has 272 valence electrons. The van der Waals surface area contributed by atoms with E-state index in [2.05, 4.69) is 176 Å². The van der Waals surface area contributed by atoms with Gasteiger partial charge < -0.3 is 9.67 Å². The van der Waals surface area contributed by atoms with Crippen molar-refractivity contribution in [3.05, 3.63) is 138 Å². The van der Waals surface area contributed by atoms with Crippen molar-refractivity contribution in [2.75, 3.05) is 0 Å². The summed E-state index contributed by atoms with van der Waals surface area (Å²) in [6, 6.07) is 39.4. The summed E-state index contributed by atoms with van der Waals surface area (Å²) in [6.07, 6.45) is 2.79. The highest BCUT2D eigenvalue weighted by Gasteiger charge is 2.30. The molecule has 0 saturated carbocycles. The summed E-state index contributed by atoms with van der Waals surface area (Å²) < 4.78 is 2.38. The van der Waals surface area contributed by atoms with Crippen molar-refractivity contribution in [2.24, 2.45) is 0 Å². The van der Waals surface area contributed by atoms with Crippen LogP contribution in [0.3, 0.4) is 0 Å². The van der Waals surface area contributed by atoms with Gasteiger partial charge in [-0.3, -0.25) is 4.98 Å². The maximum atomic E-state index is 12.2. The Bertz CT molecular complexity index is 2550. The Balaban J connectivity index is 1.42. The molecule has 2 aromatic heterocycles. The molecule has 0 amide bonds. The number of benzene rings is 5. The van der Waals surface area contributed by atoms with Gasteiger partial charge in [-0.2, -0.15) is 0 Å². The Kier molecular flexibility index (Phi) is 8.45. The third-order valence-corrected chi connectivity index (χ3v) is 11.1. The van der Waals surface area contributed by atoms with E-state index >= 15 is 0 Å². The lowest BCUT2D eigenvalue weighted by Gasteiger charge is -2.27. The summed E-state index contributed by atoms with van der Waals surface area (Å²) in [6.45, 7) is 20.8. The Morgan fingerprint density at radius 2 is 1.22 bits per heavy atom. The van der Waals surface area contributed by atoms with Gasteiger partial charge in [-0.25, -0.2) is 4.98 Å². The molecule has 4 nitrogen and oxygen atoms in total. The van der Waals surface area contributed by atoms with Gasteiger partial charge in [0.1, 0.15) is 11.6 Å². The number of hydrogen-bond acceptors (Lipinski definition) is 3. The third kappa shape index (κ3) is 6.32. The number of pyridine rings is 1. The van der Waals surface area contributed by atoms with Crippen LogP contribution in [0.25, 0.3) is 67.1 Å². The molecule has 0 unspecified atom stereocenters. The van der Waals surface area contributed by atoms with Crippen molar-refractivity contribution in [1.82, 2.24) is 14.5 Å². The molecule has 4 heteroatoms. The van der Waals surface area contributed by atoms with E-state index in [1.165, 1.54) is 33.4 Å². The van der Waals surface area contributed by atoms with Crippen LogP contribution in [0.2, 0.25) is 0 Å². The van der Waals surface area contributed by atoms with E-state index < -0.39 is 0 Å². The maximum absolute atomic E-state index is 12.2. The summed E-state index contributed by atoms with van der Waals surface area (Å²) in [5.74, 6) is 1.12. The first-order chi connectivity index (χ1) is 25.6. The fourth-order valence-corrected chi connectivity index (χ4v) is 7.92. The summed E-state index contributed by atoms with van der Waals surface area (Å²) in [5, 5.41) is 12.2. The van der Waals surface area contributed by atoms with Gasteiger partial charge in [0.15, 0.2) is 0 Å². The zero-order chi connectivity index (χ0) is 38.2. The zero-order valence-corrected chi connectivity index (χ0v) is 33.2. The van der Waals surface area contributed by atoms with Gasteiger partial charge in [0.05, 0.1) is 22.3 Å². The van der Waals surface area contributed by atoms with Crippen molar-refractivity contribution in [3.8, 4) is 61.8 Å². The van der Waals surface area contributed by atoms with Crippen molar-refractivity contribution < 1.29 is 5.11 Å². The molecule has 0 saturated heterocycles. The van der Waals surface area contributed by atoms with Crippen molar-refractivity contribution in [1.29, 1.82) is 0 Å². The summed E-state index contributed by atoms with van der Waals surface area (Å²) in [4.78, 5) is 10.5. The van der Waals surface area contributed by atoms with Crippen LogP contribution in [-0.2, 0) is 29.2 Å². The molecule has 0 fully saturated rings. The second-order valence-corrected chi connectivity index (χ2v) is 18.1. The number of phenols is 1. The first kappa shape index (κ1) is 35.5. The predicted octanol–water partition coefficient (Wildman–Crippen LogP) is 12.9. The van der Waals surface area contributed by atoms with Crippen LogP contribution in [0, 0.1) is 0 Å². The SMILES string of the molecule is CC(C)(C)c1cc(-c2cc(-c3ccccc3)ccn2)cc(-c2ccc3c4c2nc(-c2cc(C(C)(C)C)cc(C(C)(C)C)c2O)n4CCc2ccccc2-3)c1. The molecular formula is C50H51N3O. The number of fused-ring (bicyclic) bond motifs is 2. The van der Waals surface area contributed by atoms with Crippen LogP contribution in [0.1, 0.15) is 84.6 Å². The second kappa shape index (κ2) is 12.8. The number of phenolic OH excluding ortho intramolecular Hbond substituents is 1. The van der Waals surface area contributed by atoms with Crippen LogP contribution in [-0.4, -0.2) is 19.6 Å². The van der Waals surface area contributed by atoms with Gasteiger partial charge in [-0.1, -0.05) is 141 Å². The van der Waals surface area contributed by atoms with E-state index in [4.69, 9.17) is 9.97 Å². The Hall–Kier alpha value is -5.48. The fourth-order valence-electron chi connectivity index (χ4n) is 7.92. The molecule has 7 aromatic rings. The van der Waals surface area contributed by atoms with Crippen LogP contribution in [0.5, 0.6) is 5.75 Å². The van der Waals surface area contributed by atoms with Gasteiger partial charge >= 0.3 is 0 Å². The van der Waals surface area contributed by atoms with E-state index in [0.717, 1.165) is 68.9 Å². The number of hydrogen-bond donors (Lipinski definition) is 1. The van der Waals surface area contributed by atoms with Crippen LogP contribution in [0.15, 0.2) is 115 Å². The largest absolute Gasteiger partial charge is 0.507 e. The number of aromatic nitrogens is 3. The highest BCUT2D eigenvalue weighted by atomic mass is 16.3.